The van der Waals surface area contributed by atoms with E-state index in [-0.39, 0.29) is 5.92 Å². The highest BCUT2D eigenvalue weighted by molar-refractivity contribution is 7.80. The first-order valence-corrected chi connectivity index (χ1v) is 7.87. The molecule has 1 heterocycles. The van der Waals surface area contributed by atoms with Crippen molar-refractivity contribution in [2.45, 2.75) is 19.9 Å². The number of esters is 1. The lowest BCUT2D eigenvalue weighted by Gasteiger charge is -2.33. The van der Waals surface area contributed by atoms with Crippen LogP contribution in [0.15, 0.2) is 29.5 Å². The van der Waals surface area contributed by atoms with Crippen LogP contribution < -0.4 is 10.6 Å². The van der Waals surface area contributed by atoms with E-state index in [1.165, 1.54) is 7.11 Å². The van der Waals surface area contributed by atoms with Gasteiger partial charge in [-0.25, -0.2) is 4.79 Å². The van der Waals surface area contributed by atoms with Gasteiger partial charge in [0.25, 0.3) is 0 Å². The zero-order valence-electron chi connectivity index (χ0n) is 12.4. The molecule has 0 aliphatic carbocycles. The van der Waals surface area contributed by atoms with E-state index in [0.29, 0.717) is 32.0 Å². The highest BCUT2D eigenvalue weighted by Crippen LogP contribution is 2.37. The summed E-state index contributed by atoms with van der Waals surface area (Å²) in [5.74, 6) is -0.398. The number of allylic oxidation sites excluding steroid dienone is 1. The summed E-state index contributed by atoms with van der Waals surface area (Å²) in [6.07, 6.45) is 0. The van der Waals surface area contributed by atoms with Gasteiger partial charge in [0, 0.05) is 21.3 Å². The summed E-state index contributed by atoms with van der Waals surface area (Å²) in [7, 11) is 1.34. The third-order valence-corrected chi connectivity index (χ3v) is 4.25. The summed E-state index contributed by atoms with van der Waals surface area (Å²) in [6.45, 7) is 3.93. The molecule has 1 aromatic rings. The molecule has 2 N–H and O–H groups in total. The van der Waals surface area contributed by atoms with Crippen LogP contribution in [0.2, 0.25) is 10.0 Å². The third-order valence-electron chi connectivity index (χ3n) is 3.37. The number of nitrogens with one attached hydrogen (secondary N) is 2. The Kier molecular flexibility index (Phi) is 5.32. The normalized spacial score (nSPS) is 18.1. The van der Waals surface area contributed by atoms with Gasteiger partial charge in [0.15, 0.2) is 5.11 Å². The lowest BCUT2D eigenvalue weighted by atomic mass is 9.91. The molecule has 0 fully saturated rings. The summed E-state index contributed by atoms with van der Waals surface area (Å²) in [5.41, 5.74) is 1.74. The molecule has 0 saturated carbocycles. The summed E-state index contributed by atoms with van der Waals surface area (Å²) >= 11 is 17.8. The van der Waals surface area contributed by atoms with Crippen molar-refractivity contribution in [3.05, 3.63) is 45.1 Å². The second-order valence-corrected chi connectivity index (χ2v) is 6.36. The number of carbonyl (C=O) groups excluding carboxylic acids is 1. The van der Waals surface area contributed by atoms with Gasteiger partial charge in [-0.2, -0.15) is 0 Å². The predicted molar refractivity (Wildman–Crippen MR) is 92.0 cm³/mol. The Hall–Kier alpha value is -1.30. The number of rotatable bonds is 3. The highest BCUT2D eigenvalue weighted by atomic mass is 35.5. The first kappa shape index (κ1) is 17.1. The molecule has 0 radical (unpaired) electrons. The van der Waals surface area contributed by atoms with E-state index >= 15 is 0 Å². The Balaban J connectivity index is 2.68. The number of thiocarbonyl (C=S) groups is 1. The van der Waals surface area contributed by atoms with Crippen LogP contribution in [0.4, 0.5) is 0 Å². The monoisotopic (exact) mass is 358 g/mol. The second kappa shape index (κ2) is 6.86. The molecule has 0 bridgehead atoms. The van der Waals surface area contributed by atoms with Crippen molar-refractivity contribution in [1.29, 1.82) is 0 Å². The maximum atomic E-state index is 12.3. The maximum absolute atomic E-state index is 12.3. The first-order chi connectivity index (χ1) is 10.4. The molecular weight excluding hydrogens is 343 g/mol. The third kappa shape index (κ3) is 3.21. The van der Waals surface area contributed by atoms with E-state index in [1.807, 2.05) is 13.8 Å². The average molecular weight is 359 g/mol. The van der Waals surface area contributed by atoms with Crippen LogP contribution >= 0.6 is 35.4 Å². The van der Waals surface area contributed by atoms with Crippen molar-refractivity contribution in [1.82, 2.24) is 10.6 Å². The fourth-order valence-corrected chi connectivity index (χ4v) is 3.22. The van der Waals surface area contributed by atoms with Gasteiger partial charge in [-0.1, -0.05) is 43.1 Å². The van der Waals surface area contributed by atoms with Gasteiger partial charge in [-0.3, -0.25) is 0 Å². The van der Waals surface area contributed by atoms with Crippen LogP contribution in [0.5, 0.6) is 0 Å². The highest BCUT2D eigenvalue weighted by Gasteiger charge is 2.35. The van der Waals surface area contributed by atoms with Crippen molar-refractivity contribution in [3.63, 3.8) is 0 Å². The molecule has 2 rings (SSSR count). The van der Waals surface area contributed by atoms with Gasteiger partial charge in [0.05, 0.1) is 18.7 Å². The Morgan fingerprint density at radius 1 is 1.32 bits per heavy atom. The molecule has 4 nitrogen and oxygen atoms in total. The predicted octanol–water partition coefficient (Wildman–Crippen LogP) is 3.60. The largest absolute Gasteiger partial charge is 0.466 e. The Bertz CT molecular complexity index is 639. The number of hydrogen-bond donors (Lipinski definition) is 2. The zero-order valence-corrected chi connectivity index (χ0v) is 14.7. The summed E-state index contributed by atoms with van der Waals surface area (Å²) in [6, 6.07) is 4.64. The van der Waals surface area contributed by atoms with Crippen LogP contribution in [0.3, 0.4) is 0 Å². The second-order valence-electron chi connectivity index (χ2n) is 5.14. The first-order valence-electron chi connectivity index (χ1n) is 6.70. The Morgan fingerprint density at radius 2 is 1.91 bits per heavy atom. The van der Waals surface area contributed by atoms with Crippen LogP contribution in [0.1, 0.15) is 25.5 Å². The molecule has 0 saturated heterocycles. The minimum absolute atomic E-state index is 0.0536. The van der Waals surface area contributed by atoms with Crippen LogP contribution in [-0.2, 0) is 9.53 Å². The topological polar surface area (TPSA) is 50.4 Å². The van der Waals surface area contributed by atoms with E-state index in [2.05, 4.69) is 10.6 Å². The van der Waals surface area contributed by atoms with Gasteiger partial charge >= 0.3 is 5.97 Å². The smallest absolute Gasteiger partial charge is 0.337 e. The molecule has 0 amide bonds. The number of hydrogen-bond acceptors (Lipinski definition) is 3. The molecule has 22 heavy (non-hydrogen) atoms. The maximum Gasteiger partial charge on any atom is 0.337 e. The lowest BCUT2D eigenvalue weighted by molar-refractivity contribution is -0.136. The van der Waals surface area contributed by atoms with E-state index in [0.717, 1.165) is 0 Å². The van der Waals surface area contributed by atoms with Crippen molar-refractivity contribution in [2.24, 2.45) is 5.92 Å². The van der Waals surface area contributed by atoms with Crippen molar-refractivity contribution >= 4 is 46.5 Å². The Labute approximate surface area is 144 Å². The molecule has 1 atom stereocenters. The van der Waals surface area contributed by atoms with Gasteiger partial charge in [0.2, 0.25) is 0 Å². The van der Waals surface area contributed by atoms with Gasteiger partial charge < -0.3 is 15.4 Å². The summed E-state index contributed by atoms with van der Waals surface area (Å²) in [4.78, 5) is 12.3. The SMILES string of the molecule is COC(=O)C1=C(C(C)C)NC(=S)N[C@@H]1c1c(Cl)cccc1Cl. The van der Waals surface area contributed by atoms with E-state index < -0.39 is 12.0 Å². The van der Waals surface area contributed by atoms with Crippen molar-refractivity contribution in [3.8, 4) is 0 Å². The average Bonchev–Trinajstić information content (AvgIpc) is 2.45. The van der Waals surface area contributed by atoms with Crippen LogP contribution in [-0.4, -0.2) is 18.2 Å². The number of methoxy groups -OCH3 is 1. The molecule has 0 aromatic heterocycles. The fourth-order valence-electron chi connectivity index (χ4n) is 2.38. The van der Waals surface area contributed by atoms with Crippen molar-refractivity contribution < 1.29 is 9.53 Å². The standard InChI is InChI=1S/C15H16Cl2N2O2S/c1-7(2)12-11(14(20)21-3)13(19-15(22)18-12)10-8(16)5-4-6-9(10)17/h4-7,13H,1-3H3,(H2,18,19,22)/t13-/m1/s1. The number of carbonyl (C=O) groups is 1. The fraction of sp³-hybridized carbons (Fsp3) is 0.333. The molecular formula is C15H16Cl2N2O2S. The van der Waals surface area contributed by atoms with E-state index in [9.17, 15) is 4.79 Å². The quantitative estimate of drug-likeness (QED) is 0.638. The summed E-state index contributed by atoms with van der Waals surface area (Å²) in [5, 5.41) is 7.42. The Morgan fingerprint density at radius 3 is 2.41 bits per heavy atom. The van der Waals surface area contributed by atoms with Gasteiger partial charge in [-0.15, -0.1) is 0 Å². The lowest BCUT2D eigenvalue weighted by Crippen LogP contribution is -2.47. The molecule has 118 valence electrons. The van der Waals surface area contributed by atoms with Gasteiger partial charge in [0.1, 0.15) is 0 Å². The van der Waals surface area contributed by atoms with E-state index in [1.54, 1.807) is 18.2 Å². The minimum Gasteiger partial charge on any atom is -0.466 e. The van der Waals surface area contributed by atoms with Crippen LogP contribution in [0.25, 0.3) is 0 Å². The van der Waals surface area contributed by atoms with Gasteiger partial charge in [-0.05, 0) is 30.3 Å². The van der Waals surface area contributed by atoms with Crippen molar-refractivity contribution in [2.75, 3.05) is 7.11 Å². The zero-order chi connectivity index (χ0) is 16.4. The molecule has 7 heteroatoms. The molecule has 1 aliphatic heterocycles. The van der Waals surface area contributed by atoms with E-state index in [4.69, 9.17) is 40.2 Å². The molecule has 1 aromatic carbocycles. The minimum atomic E-state index is -0.556. The number of benzene rings is 1. The van der Waals surface area contributed by atoms with Crippen LogP contribution in [0, 0.1) is 5.92 Å². The molecule has 0 spiro atoms. The molecule has 1 aliphatic rings. The number of ether oxygens (including phenoxy) is 1. The number of halogens is 2. The molecule has 0 unspecified atom stereocenters. The summed E-state index contributed by atoms with van der Waals surface area (Å²) < 4.78 is 4.93.